The first-order valence-electron chi connectivity index (χ1n) is 7.34. The van der Waals surface area contributed by atoms with Gasteiger partial charge in [-0.2, -0.15) is 0 Å². The average molecular weight is 360 g/mol. The molecule has 2 N–H and O–H groups in total. The SMILES string of the molecule is CC1CC(C)C(C)N(C(CN)c2cc(Br)ccc2Cl)C1. The van der Waals surface area contributed by atoms with E-state index in [-0.39, 0.29) is 6.04 Å². The van der Waals surface area contributed by atoms with Gasteiger partial charge in [0, 0.05) is 34.7 Å². The summed E-state index contributed by atoms with van der Waals surface area (Å²) in [4.78, 5) is 2.53. The minimum Gasteiger partial charge on any atom is -0.329 e. The van der Waals surface area contributed by atoms with Crippen molar-refractivity contribution in [3.05, 3.63) is 33.3 Å². The second-order valence-corrected chi connectivity index (χ2v) is 7.50. The molecule has 1 heterocycles. The Morgan fingerprint density at radius 3 is 2.75 bits per heavy atom. The van der Waals surface area contributed by atoms with E-state index >= 15 is 0 Å². The number of piperidine rings is 1. The van der Waals surface area contributed by atoms with Gasteiger partial charge in [0.15, 0.2) is 0 Å². The molecule has 0 bridgehead atoms. The van der Waals surface area contributed by atoms with Crippen molar-refractivity contribution < 1.29 is 0 Å². The maximum Gasteiger partial charge on any atom is 0.0488 e. The Morgan fingerprint density at radius 1 is 1.40 bits per heavy atom. The molecule has 1 aliphatic heterocycles. The second-order valence-electron chi connectivity index (χ2n) is 6.17. The lowest BCUT2D eigenvalue weighted by Crippen LogP contribution is -2.49. The summed E-state index contributed by atoms with van der Waals surface area (Å²) in [5, 5.41) is 0.807. The molecule has 1 aromatic rings. The zero-order valence-electron chi connectivity index (χ0n) is 12.4. The van der Waals surface area contributed by atoms with Crippen LogP contribution in [-0.4, -0.2) is 24.0 Å². The largest absolute Gasteiger partial charge is 0.329 e. The van der Waals surface area contributed by atoms with Gasteiger partial charge in [0.1, 0.15) is 0 Å². The molecule has 0 spiro atoms. The van der Waals surface area contributed by atoms with Gasteiger partial charge in [-0.3, -0.25) is 4.90 Å². The van der Waals surface area contributed by atoms with Crippen LogP contribution in [-0.2, 0) is 0 Å². The van der Waals surface area contributed by atoms with Crippen LogP contribution < -0.4 is 5.73 Å². The molecule has 2 rings (SSSR count). The van der Waals surface area contributed by atoms with Gasteiger partial charge in [0.05, 0.1) is 0 Å². The molecule has 1 fully saturated rings. The number of nitrogens with zero attached hydrogens (tertiary/aromatic N) is 1. The van der Waals surface area contributed by atoms with Gasteiger partial charge in [-0.15, -0.1) is 0 Å². The van der Waals surface area contributed by atoms with Crippen LogP contribution >= 0.6 is 27.5 Å². The first-order valence-corrected chi connectivity index (χ1v) is 8.51. The Hall–Kier alpha value is -0.0900. The summed E-state index contributed by atoms with van der Waals surface area (Å²) < 4.78 is 1.06. The molecule has 0 radical (unpaired) electrons. The van der Waals surface area contributed by atoms with Crippen LogP contribution in [0.1, 0.15) is 38.8 Å². The van der Waals surface area contributed by atoms with E-state index in [2.05, 4.69) is 47.7 Å². The average Bonchev–Trinajstić information content (AvgIpc) is 2.40. The molecule has 0 aliphatic carbocycles. The van der Waals surface area contributed by atoms with Gasteiger partial charge < -0.3 is 5.73 Å². The lowest BCUT2D eigenvalue weighted by atomic mass is 9.84. The van der Waals surface area contributed by atoms with Crippen molar-refractivity contribution in [1.29, 1.82) is 0 Å². The summed E-state index contributed by atoms with van der Waals surface area (Å²) in [7, 11) is 0. The van der Waals surface area contributed by atoms with Crippen molar-refractivity contribution in [2.45, 2.75) is 39.3 Å². The van der Waals surface area contributed by atoms with Gasteiger partial charge in [0.25, 0.3) is 0 Å². The number of benzene rings is 1. The summed E-state index contributed by atoms with van der Waals surface area (Å²) in [5.41, 5.74) is 7.23. The van der Waals surface area contributed by atoms with Crippen LogP contribution in [0.2, 0.25) is 5.02 Å². The number of likely N-dealkylation sites (tertiary alicyclic amines) is 1. The van der Waals surface area contributed by atoms with Crippen molar-refractivity contribution in [3.8, 4) is 0 Å². The van der Waals surface area contributed by atoms with Crippen molar-refractivity contribution in [1.82, 2.24) is 4.90 Å². The van der Waals surface area contributed by atoms with Crippen LogP contribution in [0.25, 0.3) is 0 Å². The standard InChI is InChI=1S/C16H24BrClN2/c1-10-6-11(2)12(3)20(9-10)16(8-19)14-7-13(17)4-5-15(14)18/h4-5,7,10-12,16H,6,8-9,19H2,1-3H3. The summed E-state index contributed by atoms with van der Waals surface area (Å²) in [6.45, 7) is 8.66. The van der Waals surface area contributed by atoms with E-state index in [1.54, 1.807) is 0 Å². The van der Waals surface area contributed by atoms with Gasteiger partial charge in [0.2, 0.25) is 0 Å². The van der Waals surface area contributed by atoms with E-state index in [9.17, 15) is 0 Å². The maximum atomic E-state index is 6.41. The smallest absolute Gasteiger partial charge is 0.0488 e. The van der Waals surface area contributed by atoms with Crippen molar-refractivity contribution >= 4 is 27.5 Å². The third kappa shape index (κ3) is 3.38. The van der Waals surface area contributed by atoms with Gasteiger partial charge in [-0.25, -0.2) is 0 Å². The Morgan fingerprint density at radius 2 is 2.10 bits per heavy atom. The van der Waals surface area contributed by atoms with E-state index in [1.807, 2.05) is 12.1 Å². The molecule has 112 valence electrons. The predicted octanol–water partition coefficient (Wildman–Crippen LogP) is 4.47. The predicted molar refractivity (Wildman–Crippen MR) is 90.1 cm³/mol. The lowest BCUT2D eigenvalue weighted by Gasteiger charge is -2.45. The molecule has 0 aromatic heterocycles. The van der Waals surface area contributed by atoms with Crippen LogP contribution in [0, 0.1) is 11.8 Å². The first kappa shape index (κ1) is 16.3. The van der Waals surface area contributed by atoms with Crippen LogP contribution in [0.4, 0.5) is 0 Å². The highest BCUT2D eigenvalue weighted by Gasteiger charge is 2.34. The normalized spacial score (nSPS) is 29.4. The summed E-state index contributed by atoms with van der Waals surface area (Å²) in [6, 6.07) is 6.77. The first-order chi connectivity index (χ1) is 9.43. The third-order valence-corrected chi connectivity index (χ3v) is 5.42. The minimum absolute atomic E-state index is 0.195. The molecule has 4 atom stereocenters. The highest BCUT2D eigenvalue weighted by atomic mass is 79.9. The number of halogens is 2. The van der Waals surface area contributed by atoms with Crippen LogP contribution in [0.5, 0.6) is 0 Å². The molecular weight excluding hydrogens is 336 g/mol. The monoisotopic (exact) mass is 358 g/mol. The molecule has 1 aromatic carbocycles. The fraction of sp³-hybridized carbons (Fsp3) is 0.625. The maximum absolute atomic E-state index is 6.41. The van der Waals surface area contributed by atoms with E-state index in [0.717, 1.165) is 21.6 Å². The van der Waals surface area contributed by atoms with Crippen LogP contribution in [0.15, 0.2) is 22.7 Å². The molecular formula is C16H24BrClN2. The highest BCUT2D eigenvalue weighted by molar-refractivity contribution is 9.10. The Kier molecular flexibility index (Phi) is 5.52. The van der Waals surface area contributed by atoms with E-state index in [1.165, 1.54) is 6.42 Å². The number of hydrogen-bond donors (Lipinski definition) is 1. The molecule has 0 saturated carbocycles. The molecule has 2 nitrogen and oxygen atoms in total. The zero-order valence-corrected chi connectivity index (χ0v) is 14.8. The van der Waals surface area contributed by atoms with Gasteiger partial charge in [-0.1, -0.05) is 41.4 Å². The summed E-state index contributed by atoms with van der Waals surface area (Å²) >= 11 is 9.95. The van der Waals surface area contributed by atoms with E-state index < -0.39 is 0 Å². The highest BCUT2D eigenvalue weighted by Crippen LogP contribution is 2.36. The Balaban J connectivity index is 2.33. The van der Waals surface area contributed by atoms with E-state index in [4.69, 9.17) is 17.3 Å². The van der Waals surface area contributed by atoms with Gasteiger partial charge >= 0.3 is 0 Å². The topological polar surface area (TPSA) is 29.3 Å². The Bertz CT molecular complexity index is 466. The van der Waals surface area contributed by atoms with Crippen molar-refractivity contribution in [3.63, 3.8) is 0 Å². The van der Waals surface area contributed by atoms with Crippen molar-refractivity contribution in [2.24, 2.45) is 17.6 Å². The number of rotatable bonds is 3. The lowest BCUT2D eigenvalue weighted by molar-refractivity contribution is 0.0425. The molecule has 4 unspecified atom stereocenters. The second kappa shape index (κ2) is 6.78. The molecule has 20 heavy (non-hydrogen) atoms. The molecule has 1 aliphatic rings. The number of nitrogens with two attached hydrogens (primary N) is 1. The number of hydrogen-bond acceptors (Lipinski definition) is 2. The van der Waals surface area contributed by atoms with Gasteiger partial charge in [-0.05, 0) is 48.9 Å². The summed E-state index contributed by atoms with van der Waals surface area (Å²) in [6.07, 6.45) is 1.29. The fourth-order valence-corrected chi connectivity index (χ4v) is 4.00. The third-order valence-electron chi connectivity index (χ3n) is 4.58. The molecule has 1 saturated heterocycles. The minimum atomic E-state index is 0.195. The Labute approximate surface area is 135 Å². The quantitative estimate of drug-likeness (QED) is 0.863. The van der Waals surface area contributed by atoms with Crippen molar-refractivity contribution in [2.75, 3.05) is 13.1 Å². The summed E-state index contributed by atoms with van der Waals surface area (Å²) in [5.74, 6) is 1.40. The fourth-order valence-electron chi connectivity index (χ4n) is 3.38. The molecule has 0 amide bonds. The van der Waals surface area contributed by atoms with Crippen LogP contribution in [0.3, 0.4) is 0 Å². The van der Waals surface area contributed by atoms with E-state index in [0.29, 0.717) is 24.4 Å². The zero-order chi connectivity index (χ0) is 14.9. The molecule has 4 heteroatoms.